The van der Waals surface area contributed by atoms with E-state index in [1.165, 1.54) is 35.0 Å². The topological polar surface area (TPSA) is 54.5 Å². The van der Waals surface area contributed by atoms with E-state index in [0.29, 0.717) is 5.69 Å². The molecule has 0 saturated carbocycles. The van der Waals surface area contributed by atoms with Crippen LogP contribution in [0.5, 0.6) is 0 Å². The minimum Gasteiger partial charge on any atom is -0.211 e. The molecule has 0 spiro atoms. The minimum atomic E-state index is -1.05. The lowest BCUT2D eigenvalue weighted by Crippen LogP contribution is -2.00. The number of aromatic nitrogens is 3. The monoisotopic (exact) mass is 300 g/mol. The van der Waals surface area contributed by atoms with E-state index in [-0.39, 0.29) is 17.0 Å². The summed E-state index contributed by atoms with van der Waals surface area (Å²) >= 11 is 0. The molecule has 4 nitrogen and oxygen atoms in total. The van der Waals surface area contributed by atoms with E-state index < -0.39 is 17.5 Å². The summed E-state index contributed by atoms with van der Waals surface area (Å²) in [5.74, 6) is -2.48. The second kappa shape index (κ2) is 5.33. The highest BCUT2D eigenvalue weighted by Gasteiger charge is 2.17. The fourth-order valence-corrected chi connectivity index (χ4v) is 2.02. The predicted molar refractivity (Wildman–Crippen MR) is 71.4 cm³/mol. The van der Waals surface area contributed by atoms with Crippen LogP contribution in [0.3, 0.4) is 0 Å². The lowest BCUT2D eigenvalue weighted by Gasteiger charge is -2.07. The van der Waals surface area contributed by atoms with Gasteiger partial charge in [0, 0.05) is 5.56 Å². The summed E-state index contributed by atoms with van der Waals surface area (Å²) < 4.78 is 40.8. The molecule has 0 bridgehead atoms. The van der Waals surface area contributed by atoms with Gasteiger partial charge in [0.05, 0.1) is 5.69 Å². The third kappa shape index (κ3) is 2.31. The molecule has 22 heavy (non-hydrogen) atoms. The van der Waals surface area contributed by atoms with Crippen LogP contribution in [0.15, 0.2) is 42.5 Å². The Morgan fingerprint density at radius 3 is 2.32 bits per heavy atom. The first-order valence-corrected chi connectivity index (χ1v) is 6.17. The zero-order chi connectivity index (χ0) is 15.7. The first kappa shape index (κ1) is 13.8. The molecule has 0 unspecified atom stereocenters. The zero-order valence-electron chi connectivity index (χ0n) is 11.0. The Kier molecular flexibility index (Phi) is 3.35. The fraction of sp³-hybridized carbons (Fsp3) is 0. The molecule has 0 radical (unpaired) electrons. The molecule has 0 aliphatic heterocycles. The van der Waals surface area contributed by atoms with Gasteiger partial charge in [-0.2, -0.15) is 5.26 Å². The molecule has 0 amide bonds. The third-order valence-electron chi connectivity index (χ3n) is 3.04. The molecule has 3 aromatic rings. The van der Waals surface area contributed by atoms with Crippen molar-refractivity contribution in [3.8, 4) is 23.0 Å². The van der Waals surface area contributed by atoms with Gasteiger partial charge in [0.15, 0.2) is 17.3 Å². The molecule has 3 rings (SSSR count). The number of hydrogen-bond acceptors (Lipinski definition) is 3. The average molecular weight is 300 g/mol. The SMILES string of the molecule is N#Cc1nnn(-c2ccc(F)cc2)c1-c1ccc(F)c(F)c1. The van der Waals surface area contributed by atoms with E-state index in [9.17, 15) is 13.2 Å². The Balaban J connectivity index is 2.21. The number of nitrogens with zero attached hydrogens (tertiary/aromatic N) is 4. The Labute approximate surface area is 123 Å². The number of rotatable bonds is 2. The summed E-state index contributed by atoms with van der Waals surface area (Å²) in [5, 5.41) is 16.6. The van der Waals surface area contributed by atoms with Crippen LogP contribution >= 0.6 is 0 Å². The van der Waals surface area contributed by atoms with Crippen LogP contribution in [0.1, 0.15) is 5.69 Å². The maximum Gasteiger partial charge on any atom is 0.191 e. The van der Waals surface area contributed by atoms with Gasteiger partial charge < -0.3 is 0 Å². The molecule has 108 valence electrons. The lowest BCUT2D eigenvalue weighted by molar-refractivity contribution is 0.509. The summed E-state index contributed by atoms with van der Waals surface area (Å²) in [6, 6.07) is 10.4. The van der Waals surface area contributed by atoms with Crippen molar-refractivity contribution < 1.29 is 13.2 Å². The third-order valence-corrected chi connectivity index (χ3v) is 3.04. The summed E-state index contributed by atoms with van der Waals surface area (Å²) in [6.07, 6.45) is 0. The lowest BCUT2D eigenvalue weighted by atomic mass is 10.1. The molecule has 0 aliphatic rings. The second-order valence-corrected chi connectivity index (χ2v) is 4.42. The van der Waals surface area contributed by atoms with E-state index in [1.54, 1.807) is 0 Å². The van der Waals surface area contributed by atoms with Crippen LogP contribution in [-0.4, -0.2) is 15.0 Å². The highest BCUT2D eigenvalue weighted by Crippen LogP contribution is 2.26. The Morgan fingerprint density at radius 1 is 0.955 bits per heavy atom. The zero-order valence-corrected chi connectivity index (χ0v) is 11.0. The number of nitriles is 1. The average Bonchev–Trinajstić information content (AvgIpc) is 2.94. The van der Waals surface area contributed by atoms with E-state index in [2.05, 4.69) is 10.3 Å². The van der Waals surface area contributed by atoms with Crippen molar-refractivity contribution >= 4 is 0 Å². The van der Waals surface area contributed by atoms with E-state index in [0.717, 1.165) is 12.1 Å². The molecular formula is C15H7F3N4. The van der Waals surface area contributed by atoms with Crippen molar-refractivity contribution in [2.45, 2.75) is 0 Å². The summed E-state index contributed by atoms with van der Waals surface area (Å²) in [6.45, 7) is 0. The highest BCUT2D eigenvalue weighted by atomic mass is 19.2. The summed E-state index contributed by atoms with van der Waals surface area (Å²) in [4.78, 5) is 0. The van der Waals surface area contributed by atoms with E-state index >= 15 is 0 Å². The standard InChI is InChI=1S/C15H7F3N4/c16-10-2-4-11(5-3-10)22-15(14(8-19)20-21-22)9-1-6-12(17)13(18)7-9/h1-7H. The van der Waals surface area contributed by atoms with Gasteiger partial charge in [0.1, 0.15) is 17.6 Å². The molecule has 0 N–H and O–H groups in total. The van der Waals surface area contributed by atoms with E-state index in [4.69, 9.17) is 5.26 Å². The summed E-state index contributed by atoms with van der Waals surface area (Å²) in [7, 11) is 0. The predicted octanol–water partition coefficient (Wildman–Crippen LogP) is 3.22. The van der Waals surface area contributed by atoms with Crippen molar-refractivity contribution in [1.82, 2.24) is 15.0 Å². The Morgan fingerprint density at radius 2 is 1.68 bits per heavy atom. The van der Waals surface area contributed by atoms with Crippen LogP contribution in [0.25, 0.3) is 16.9 Å². The number of halogens is 3. The minimum absolute atomic E-state index is 0.0460. The van der Waals surface area contributed by atoms with Gasteiger partial charge >= 0.3 is 0 Å². The number of hydrogen-bond donors (Lipinski definition) is 0. The second-order valence-electron chi connectivity index (χ2n) is 4.42. The Hall–Kier alpha value is -3.14. The molecule has 7 heteroatoms. The first-order chi connectivity index (χ1) is 10.6. The van der Waals surface area contributed by atoms with Gasteiger partial charge in [-0.3, -0.25) is 0 Å². The number of benzene rings is 2. The van der Waals surface area contributed by atoms with Crippen molar-refractivity contribution in [2.24, 2.45) is 0 Å². The molecule has 0 atom stereocenters. The fourth-order valence-electron chi connectivity index (χ4n) is 2.02. The quantitative estimate of drug-likeness (QED) is 0.730. The van der Waals surface area contributed by atoms with Gasteiger partial charge in [-0.15, -0.1) is 5.10 Å². The summed E-state index contributed by atoms with van der Waals surface area (Å²) in [5.41, 5.74) is 0.836. The van der Waals surface area contributed by atoms with Crippen LogP contribution in [0.4, 0.5) is 13.2 Å². The highest BCUT2D eigenvalue weighted by molar-refractivity contribution is 5.67. The van der Waals surface area contributed by atoms with Crippen LogP contribution < -0.4 is 0 Å². The van der Waals surface area contributed by atoms with Crippen LogP contribution in [-0.2, 0) is 0 Å². The molecule has 1 aromatic heterocycles. The largest absolute Gasteiger partial charge is 0.211 e. The maximum atomic E-state index is 13.4. The Bertz CT molecular complexity index is 879. The van der Waals surface area contributed by atoms with Gasteiger partial charge in [-0.05, 0) is 42.5 Å². The smallest absolute Gasteiger partial charge is 0.191 e. The normalized spacial score (nSPS) is 10.5. The molecule has 0 aliphatic carbocycles. The van der Waals surface area contributed by atoms with E-state index in [1.807, 2.05) is 6.07 Å². The van der Waals surface area contributed by atoms with Crippen LogP contribution in [0.2, 0.25) is 0 Å². The molecule has 0 fully saturated rings. The van der Waals surface area contributed by atoms with Crippen molar-refractivity contribution in [3.05, 3.63) is 65.6 Å². The molecular weight excluding hydrogens is 293 g/mol. The maximum absolute atomic E-state index is 13.4. The molecule has 1 heterocycles. The van der Waals surface area contributed by atoms with Crippen LogP contribution in [0, 0.1) is 28.8 Å². The van der Waals surface area contributed by atoms with Gasteiger partial charge in [-0.25, -0.2) is 17.9 Å². The molecule has 0 saturated heterocycles. The van der Waals surface area contributed by atoms with Gasteiger partial charge in [0.2, 0.25) is 0 Å². The van der Waals surface area contributed by atoms with Gasteiger partial charge in [-0.1, -0.05) is 5.21 Å². The van der Waals surface area contributed by atoms with Crippen molar-refractivity contribution in [3.63, 3.8) is 0 Å². The van der Waals surface area contributed by atoms with Crippen molar-refractivity contribution in [1.29, 1.82) is 5.26 Å². The first-order valence-electron chi connectivity index (χ1n) is 6.17. The molecule has 2 aromatic carbocycles. The van der Waals surface area contributed by atoms with Gasteiger partial charge in [0.25, 0.3) is 0 Å². The van der Waals surface area contributed by atoms with Crippen molar-refractivity contribution in [2.75, 3.05) is 0 Å².